The highest BCUT2D eigenvalue weighted by molar-refractivity contribution is 7.89. The van der Waals surface area contributed by atoms with Gasteiger partial charge in [0.05, 0.1) is 17.7 Å². The maximum absolute atomic E-state index is 12.1. The summed E-state index contributed by atoms with van der Waals surface area (Å²) in [5.74, 6) is 0. The zero-order valence-corrected chi connectivity index (χ0v) is 12.8. The lowest BCUT2D eigenvalue weighted by Crippen LogP contribution is -2.47. The number of morpholine rings is 1. The second-order valence-corrected chi connectivity index (χ2v) is 6.69. The van der Waals surface area contributed by atoms with E-state index in [0.717, 1.165) is 19.6 Å². The van der Waals surface area contributed by atoms with E-state index in [0.29, 0.717) is 6.61 Å². The molecule has 0 spiro atoms. The van der Waals surface area contributed by atoms with Gasteiger partial charge in [0.25, 0.3) is 0 Å². The third kappa shape index (κ3) is 3.89. The van der Waals surface area contributed by atoms with Gasteiger partial charge in [-0.3, -0.25) is 9.88 Å². The molecule has 0 radical (unpaired) electrons. The topological polar surface area (TPSA) is 71.5 Å². The Labute approximate surface area is 124 Å². The number of likely N-dealkylation sites (N-methyl/N-ethyl adjacent to an activating group) is 1. The van der Waals surface area contributed by atoms with E-state index in [1.807, 2.05) is 0 Å². The number of ether oxygens (including phenoxy) is 1. The van der Waals surface area contributed by atoms with E-state index < -0.39 is 10.0 Å². The van der Waals surface area contributed by atoms with Gasteiger partial charge in [0.15, 0.2) is 0 Å². The lowest BCUT2D eigenvalue weighted by atomic mass is 10.3. The summed E-state index contributed by atoms with van der Waals surface area (Å²) >= 11 is 5.88. The number of nitrogens with zero attached hydrogens (tertiary/aromatic N) is 2. The predicted molar refractivity (Wildman–Crippen MR) is 76.3 cm³/mol. The lowest BCUT2D eigenvalue weighted by Gasteiger charge is -2.32. The van der Waals surface area contributed by atoms with Crippen LogP contribution in [0.5, 0.6) is 0 Å². The fraction of sp³-hybridized carbons (Fsp3) is 0.583. The Balaban J connectivity index is 1.98. The summed E-state index contributed by atoms with van der Waals surface area (Å²) < 4.78 is 32.4. The molecule has 1 aliphatic rings. The Morgan fingerprint density at radius 2 is 2.40 bits per heavy atom. The van der Waals surface area contributed by atoms with E-state index in [4.69, 9.17) is 16.3 Å². The molecule has 8 heteroatoms. The third-order valence-electron chi connectivity index (χ3n) is 3.19. The van der Waals surface area contributed by atoms with Crippen LogP contribution in [0.25, 0.3) is 0 Å². The molecule has 20 heavy (non-hydrogen) atoms. The molecule has 112 valence electrons. The van der Waals surface area contributed by atoms with Gasteiger partial charge in [-0.05, 0) is 12.6 Å². The third-order valence-corrected chi connectivity index (χ3v) is 5.09. The first kappa shape index (κ1) is 15.7. The van der Waals surface area contributed by atoms with Gasteiger partial charge < -0.3 is 4.74 Å². The van der Waals surface area contributed by atoms with Crippen LogP contribution in [0, 0.1) is 0 Å². The van der Waals surface area contributed by atoms with Crippen molar-refractivity contribution in [2.45, 2.75) is 17.9 Å². The van der Waals surface area contributed by atoms with Crippen molar-refractivity contribution in [3.8, 4) is 0 Å². The monoisotopic (exact) mass is 319 g/mol. The maximum atomic E-state index is 12.1. The Kier molecular flexibility index (Phi) is 5.34. The van der Waals surface area contributed by atoms with Crippen LogP contribution < -0.4 is 4.72 Å². The summed E-state index contributed by atoms with van der Waals surface area (Å²) in [6.07, 6.45) is 2.55. The van der Waals surface area contributed by atoms with Crippen LogP contribution in [0.1, 0.15) is 6.92 Å². The fourth-order valence-corrected chi connectivity index (χ4v) is 3.53. The van der Waals surface area contributed by atoms with Gasteiger partial charge in [0, 0.05) is 32.0 Å². The van der Waals surface area contributed by atoms with Gasteiger partial charge in [0.2, 0.25) is 10.0 Å². The minimum atomic E-state index is -3.66. The van der Waals surface area contributed by atoms with E-state index in [2.05, 4.69) is 21.5 Å². The number of halogens is 1. The smallest absolute Gasteiger partial charge is 0.243 e. The van der Waals surface area contributed by atoms with Gasteiger partial charge in [-0.15, -0.1) is 0 Å². The molecule has 0 amide bonds. The van der Waals surface area contributed by atoms with E-state index in [1.165, 1.54) is 18.5 Å². The van der Waals surface area contributed by atoms with Crippen molar-refractivity contribution >= 4 is 21.6 Å². The van der Waals surface area contributed by atoms with Gasteiger partial charge in [-0.2, -0.15) is 0 Å². The first-order valence-electron chi connectivity index (χ1n) is 6.46. The number of nitrogens with one attached hydrogen (secondary N) is 1. The summed E-state index contributed by atoms with van der Waals surface area (Å²) in [5, 5.41) is 0.159. The summed E-state index contributed by atoms with van der Waals surface area (Å²) in [6, 6.07) is 1.45. The van der Waals surface area contributed by atoms with Gasteiger partial charge in [-0.25, -0.2) is 13.1 Å². The first-order chi connectivity index (χ1) is 9.53. The van der Waals surface area contributed by atoms with E-state index in [9.17, 15) is 8.42 Å². The van der Waals surface area contributed by atoms with Crippen LogP contribution in [0.15, 0.2) is 23.4 Å². The molecule has 2 heterocycles. The average molecular weight is 320 g/mol. The van der Waals surface area contributed by atoms with Crippen LogP contribution in [-0.4, -0.2) is 57.2 Å². The second-order valence-electron chi connectivity index (χ2n) is 4.54. The van der Waals surface area contributed by atoms with Crippen LogP contribution in [-0.2, 0) is 14.8 Å². The van der Waals surface area contributed by atoms with E-state index in [1.54, 1.807) is 0 Å². The SMILES string of the molecule is CCN1CCOC(CNS(=O)(=O)c2cnccc2Cl)C1. The van der Waals surface area contributed by atoms with Crippen LogP contribution in [0.2, 0.25) is 5.02 Å². The zero-order chi connectivity index (χ0) is 14.6. The first-order valence-corrected chi connectivity index (χ1v) is 8.32. The Morgan fingerprint density at radius 1 is 1.60 bits per heavy atom. The molecule has 1 unspecified atom stereocenters. The second kappa shape index (κ2) is 6.82. The van der Waals surface area contributed by atoms with Crippen molar-refractivity contribution in [2.75, 3.05) is 32.8 Å². The van der Waals surface area contributed by atoms with Crippen molar-refractivity contribution in [2.24, 2.45) is 0 Å². The Bertz CT molecular complexity index is 553. The molecule has 1 aromatic heterocycles. The molecule has 1 saturated heterocycles. The largest absolute Gasteiger partial charge is 0.374 e. The minimum Gasteiger partial charge on any atom is -0.374 e. The number of aromatic nitrogens is 1. The van der Waals surface area contributed by atoms with E-state index >= 15 is 0 Å². The molecule has 1 N–H and O–H groups in total. The van der Waals surface area contributed by atoms with Crippen molar-refractivity contribution < 1.29 is 13.2 Å². The molecular weight excluding hydrogens is 302 g/mol. The quantitative estimate of drug-likeness (QED) is 0.866. The van der Waals surface area contributed by atoms with Gasteiger partial charge in [-0.1, -0.05) is 18.5 Å². The number of hydrogen-bond acceptors (Lipinski definition) is 5. The molecule has 1 fully saturated rings. The maximum Gasteiger partial charge on any atom is 0.243 e. The average Bonchev–Trinajstić information content (AvgIpc) is 2.46. The molecule has 1 aromatic rings. The highest BCUT2D eigenvalue weighted by Crippen LogP contribution is 2.19. The molecule has 1 atom stereocenters. The number of pyridine rings is 1. The molecule has 0 aliphatic carbocycles. The van der Waals surface area contributed by atoms with Crippen molar-refractivity contribution in [1.29, 1.82) is 0 Å². The molecule has 6 nitrogen and oxygen atoms in total. The number of rotatable bonds is 5. The molecule has 0 aromatic carbocycles. The Morgan fingerprint density at radius 3 is 3.10 bits per heavy atom. The zero-order valence-electron chi connectivity index (χ0n) is 11.3. The number of sulfonamides is 1. The molecular formula is C12H18ClN3O3S. The molecule has 0 saturated carbocycles. The lowest BCUT2D eigenvalue weighted by molar-refractivity contribution is -0.0229. The number of hydrogen-bond donors (Lipinski definition) is 1. The molecule has 2 rings (SSSR count). The van der Waals surface area contributed by atoms with Gasteiger partial charge in [0.1, 0.15) is 4.90 Å². The van der Waals surface area contributed by atoms with Crippen molar-refractivity contribution in [1.82, 2.24) is 14.6 Å². The van der Waals surface area contributed by atoms with E-state index in [-0.39, 0.29) is 22.6 Å². The summed E-state index contributed by atoms with van der Waals surface area (Å²) in [4.78, 5) is 6.00. The van der Waals surface area contributed by atoms with Crippen molar-refractivity contribution in [3.05, 3.63) is 23.5 Å². The summed E-state index contributed by atoms with van der Waals surface area (Å²) in [6.45, 7) is 5.45. The van der Waals surface area contributed by atoms with Crippen LogP contribution >= 0.6 is 11.6 Å². The summed E-state index contributed by atoms with van der Waals surface area (Å²) in [5.41, 5.74) is 0. The minimum absolute atomic E-state index is 0.00942. The molecule has 1 aliphatic heterocycles. The highest BCUT2D eigenvalue weighted by atomic mass is 35.5. The standard InChI is InChI=1S/C12H18ClN3O3S/c1-2-16-5-6-19-10(9-16)7-15-20(17,18)12-8-14-4-3-11(12)13/h3-4,8,10,15H,2,5-7,9H2,1H3. The normalized spacial score (nSPS) is 21.0. The van der Waals surface area contributed by atoms with Crippen LogP contribution in [0.4, 0.5) is 0 Å². The summed E-state index contributed by atoms with van der Waals surface area (Å²) in [7, 11) is -3.66. The van der Waals surface area contributed by atoms with Crippen LogP contribution in [0.3, 0.4) is 0 Å². The Hall–Kier alpha value is -0.730. The van der Waals surface area contributed by atoms with Crippen molar-refractivity contribution in [3.63, 3.8) is 0 Å². The predicted octanol–water partition coefficient (Wildman–Crippen LogP) is 0.734. The molecule has 0 bridgehead atoms. The highest BCUT2D eigenvalue weighted by Gasteiger charge is 2.23. The van der Waals surface area contributed by atoms with Gasteiger partial charge >= 0.3 is 0 Å². The fourth-order valence-electron chi connectivity index (χ4n) is 2.03.